The average Bonchev–Trinajstić information content (AvgIpc) is 2.91. The van der Waals surface area contributed by atoms with Gasteiger partial charge >= 0.3 is 0 Å². The standard InChI is InChI=1S/C16H29N7.HI/c1-4-17-16(18-10-15-19-11-20-23(15)3)21-12-8-13-6-5-7-14(9-12)22(13)2;/h11-14H,4-10H2,1-3H3,(H2,17,18,21);1H. The van der Waals surface area contributed by atoms with Crippen molar-refractivity contribution >= 4 is 29.9 Å². The Labute approximate surface area is 161 Å². The molecule has 0 amide bonds. The second kappa shape index (κ2) is 8.98. The van der Waals surface area contributed by atoms with E-state index in [-0.39, 0.29) is 24.0 Å². The second-order valence-electron chi connectivity index (χ2n) is 6.71. The number of halogens is 1. The summed E-state index contributed by atoms with van der Waals surface area (Å²) in [5.41, 5.74) is 0. The summed E-state index contributed by atoms with van der Waals surface area (Å²) in [7, 11) is 4.19. The normalized spacial score (nSPS) is 27.5. The number of aliphatic imine (C=N–C) groups is 1. The molecule has 1 aromatic rings. The zero-order valence-corrected chi connectivity index (χ0v) is 17.2. The minimum absolute atomic E-state index is 0. The van der Waals surface area contributed by atoms with E-state index in [2.05, 4.69) is 44.6 Å². The van der Waals surface area contributed by atoms with E-state index in [0.717, 1.165) is 30.4 Å². The molecule has 2 unspecified atom stereocenters. The van der Waals surface area contributed by atoms with Gasteiger partial charge in [-0.3, -0.25) is 4.68 Å². The van der Waals surface area contributed by atoms with Gasteiger partial charge in [-0.2, -0.15) is 5.10 Å². The monoisotopic (exact) mass is 447 g/mol. The fraction of sp³-hybridized carbons (Fsp3) is 0.812. The fourth-order valence-electron chi connectivity index (χ4n) is 3.86. The van der Waals surface area contributed by atoms with Gasteiger partial charge in [-0.05, 0) is 39.7 Å². The molecule has 136 valence electrons. The van der Waals surface area contributed by atoms with Gasteiger partial charge in [0.1, 0.15) is 18.7 Å². The summed E-state index contributed by atoms with van der Waals surface area (Å²) < 4.78 is 1.77. The summed E-state index contributed by atoms with van der Waals surface area (Å²) >= 11 is 0. The number of rotatable bonds is 4. The van der Waals surface area contributed by atoms with Crippen molar-refractivity contribution < 1.29 is 0 Å². The van der Waals surface area contributed by atoms with Crippen LogP contribution < -0.4 is 10.6 Å². The molecule has 7 nitrogen and oxygen atoms in total. The third kappa shape index (κ3) is 4.59. The molecular formula is C16H30IN7. The lowest BCUT2D eigenvalue weighted by atomic mass is 9.82. The van der Waals surface area contributed by atoms with Gasteiger partial charge < -0.3 is 15.5 Å². The number of aryl methyl sites for hydroxylation is 1. The first-order valence-electron chi connectivity index (χ1n) is 8.77. The predicted octanol–water partition coefficient (Wildman–Crippen LogP) is 1.50. The van der Waals surface area contributed by atoms with Crippen LogP contribution in [-0.4, -0.2) is 57.3 Å². The number of piperidine rings is 2. The molecule has 0 spiro atoms. The molecule has 2 saturated heterocycles. The van der Waals surface area contributed by atoms with Crippen molar-refractivity contribution in [3.05, 3.63) is 12.2 Å². The zero-order valence-electron chi connectivity index (χ0n) is 14.9. The van der Waals surface area contributed by atoms with Crippen LogP contribution in [0.5, 0.6) is 0 Å². The van der Waals surface area contributed by atoms with Gasteiger partial charge in [0.2, 0.25) is 0 Å². The van der Waals surface area contributed by atoms with Gasteiger partial charge in [-0.25, -0.2) is 9.98 Å². The molecule has 3 heterocycles. The molecule has 2 fully saturated rings. The Balaban J connectivity index is 0.00000208. The maximum absolute atomic E-state index is 4.68. The first kappa shape index (κ1) is 19.4. The van der Waals surface area contributed by atoms with Crippen molar-refractivity contribution in [3.8, 4) is 0 Å². The van der Waals surface area contributed by atoms with Gasteiger partial charge in [-0.15, -0.1) is 24.0 Å². The van der Waals surface area contributed by atoms with E-state index in [1.807, 2.05) is 7.05 Å². The highest BCUT2D eigenvalue weighted by Gasteiger charge is 2.36. The van der Waals surface area contributed by atoms with Crippen LogP contribution in [0.2, 0.25) is 0 Å². The highest BCUT2D eigenvalue weighted by molar-refractivity contribution is 14.0. The molecule has 2 atom stereocenters. The summed E-state index contributed by atoms with van der Waals surface area (Å²) in [6.45, 7) is 3.51. The van der Waals surface area contributed by atoms with E-state index in [0.29, 0.717) is 12.6 Å². The molecule has 24 heavy (non-hydrogen) atoms. The highest BCUT2D eigenvalue weighted by atomic mass is 127. The summed E-state index contributed by atoms with van der Waals surface area (Å²) in [6, 6.07) is 1.96. The van der Waals surface area contributed by atoms with Crippen LogP contribution in [0.15, 0.2) is 11.3 Å². The molecule has 0 radical (unpaired) electrons. The number of aromatic nitrogens is 3. The second-order valence-corrected chi connectivity index (χ2v) is 6.71. The highest BCUT2D eigenvalue weighted by Crippen LogP contribution is 2.32. The molecule has 0 aliphatic carbocycles. The summed E-state index contributed by atoms with van der Waals surface area (Å²) in [5, 5.41) is 11.1. The molecule has 0 aromatic carbocycles. The lowest BCUT2D eigenvalue weighted by Crippen LogP contribution is -2.56. The molecule has 2 aliphatic heterocycles. The van der Waals surface area contributed by atoms with E-state index in [9.17, 15) is 0 Å². The Morgan fingerprint density at radius 2 is 2.00 bits per heavy atom. The van der Waals surface area contributed by atoms with Crippen LogP contribution in [0, 0.1) is 0 Å². The fourth-order valence-corrected chi connectivity index (χ4v) is 3.86. The molecule has 0 saturated carbocycles. The van der Waals surface area contributed by atoms with Crippen molar-refractivity contribution in [2.24, 2.45) is 12.0 Å². The zero-order chi connectivity index (χ0) is 16.2. The van der Waals surface area contributed by atoms with Crippen molar-refractivity contribution in [1.82, 2.24) is 30.3 Å². The maximum atomic E-state index is 4.68. The summed E-state index contributed by atoms with van der Waals surface area (Å²) in [4.78, 5) is 11.5. The number of nitrogens with one attached hydrogen (secondary N) is 2. The minimum atomic E-state index is 0. The first-order valence-corrected chi connectivity index (χ1v) is 8.77. The SMILES string of the molecule is CCNC(=NCc1ncnn1C)NC1CC2CCCC(C1)N2C.I. The predicted molar refractivity (Wildman–Crippen MR) is 107 cm³/mol. The van der Waals surface area contributed by atoms with Crippen molar-refractivity contribution in [2.45, 2.75) is 63.7 Å². The van der Waals surface area contributed by atoms with Crippen LogP contribution in [-0.2, 0) is 13.6 Å². The molecule has 2 N–H and O–H groups in total. The van der Waals surface area contributed by atoms with E-state index >= 15 is 0 Å². The molecule has 8 heteroatoms. The molecule has 2 aliphatic rings. The molecule has 1 aromatic heterocycles. The number of guanidine groups is 1. The lowest BCUT2D eigenvalue weighted by Gasteiger charge is -2.47. The summed E-state index contributed by atoms with van der Waals surface area (Å²) in [6.07, 6.45) is 8.04. The van der Waals surface area contributed by atoms with Crippen molar-refractivity contribution in [1.29, 1.82) is 0 Å². The van der Waals surface area contributed by atoms with Crippen LogP contribution in [0.3, 0.4) is 0 Å². The smallest absolute Gasteiger partial charge is 0.191 e. The maximum Gasteiger partial charge on any atom is 0.191 e. The number of fused-ring (bicyclic) bond motifs is 2. The van der Waals surface area contributed by atoms with Crippen LogP contribution in [0.25, 0.3) is 0 Å². The number of nitrogens with zero attached hydrogens (tertiary/aromatic N) is 5. The summed E-state index contributed by atoms with van der Waals surface area (Å²) in [5.74, 6) is 1.77. The Morgan fingerprint density at radius 1 is 1.29 bits per heavy atom. The van der Waals surface area contributed by atoms with Crippen molar-refractivity contribution in [3.63, 3.8) is 0 Å². The van der Waals surface area contributed by atoms with Gasteiger partial charge in [0.05, 0.1) is 0 Å². The van der Waals surface area contributed by atoms with E-state index in [4.69, 9.17) is 0 Å². The van der Waals surface area contributed by atoms with E-state index in [1.54, 1.807) is 11.0 Å². The van der Waals surface area contributed by atoms with E-state index in [1.165, 1.54) is 32.1 Å². The minimum Gasteiger partial charge on any atom is -0.357 e. The molecular weight excluding hydrogens is 417 g/mol. The van der Waals surface area contributed by atoms with Crippen molar-refractivity contribution in [2.75, 3.05) is 13.6 Å². The number of hydrogen-bond donors (Lipinski definition) is 2. The average molecular weight is 447 g/mol. The Kier molecular flexibility index (Phi) is 7.27. The Hall–Kier alpha value is -0.900. The number of hydrogen-bond acceptors (Lipinski definition) is 4. The van der Waals surface area contributed by atoms with Gasteiger partial charge in [0.25, 0.3) is 0 Å². The van der Waals surface area contributed by atoms with Gasteiger partial charge in [-0.1, -0.05) is 6.42 Å². The Bertz CT molecular complexity index is 530. The third-order valence-electron chi connectivity index (χ3n) is 5.21. The lowest BCUT2D eigenvalue weighted by molar-refractivity contribution is 0.0526. The van der Waals surface area contributed by atoms with Crippen LogP contribution in [0.1, 0.15) is 44.9 Å². The molecule has 3 rings (SSSR count). The van der Waals surface area contributed by atoms with Crippen LogP contribution >= 0.6 is 24.0 Å². The largest absolute Gasteiger partial charge is 0.357 e. The van der Waals surface area contributed by atoms with Crippen LogP contribution in [0.4, 0.5) is 0 Å². The quantitative estimate of drug-likeness (QED) is 0.416. The van der Waals surface area contributed by atoms with Gasteiger partial charge in [0.15, 0.2) is 5.96 Å². The molecule has 2 bridgehead atoms. The Morgan fingerprint density at radius 3 is 2.58 bits per heavy atom. The first-order chi connectivity index (χ1) is 11.2. The van der Waals surface area contributed by atoms with E-state index < -0.39 is 0 Å². The van der Waals surface area contributed by atoms with Gasteiger partial charge in [0, 0.05) is 31.7 Å². The topological polar surface area (TPSA) is 70.4 Å². The third-order valence-corrected chi connectivity index (χ3v) is 5.21.